The fraction of sp³-hybridized carbons (Fsp3) is 0.368. The summed E-state index contributed by atoms with van der Waals surface area (Å²) in [7, 11) is 0. The Morgan fingerprint density at radius 2 is 2.05 bits per heavy atom. The molecule has 0 aliphatic heterocycles. The van der Waals surface area contributed by atoms with Gasteiger partial charge in [-0.05, 0) is 66.6 Å². The highest BCUT2D eigenvalue weighted by molar-refractivity contribution is 5.40. The Hall–Kier alpha value is -1.67. The van der Waals surface area contributed by atoms with Gasteiger partial charge < -0.3 is 5.32 Å². The van der Waals surface area contributed by atoms with Crippen LogP contribution in [0.3, 0.4) is 0 Å². The van der Waals surface area contributed by atoms with E-state index < -0.39 is 0 Å². The van der Waals surface area contributed by atoms with Crippen LogP contribution in [0.5, 0.6) is 0 Å². The quantitative estimate of drug-likeness (QED) is 0.851. The van der Waals surface area contributed by atoms with E-state index in [4.69, 9.17) is 0 Å². The van der Waals surface area contributed by atoms with Gasteiger partial charge in [-0.2, -0.15) is 0 Å². The molecule has 0 amide bonds. The van der Waals surface area contributed by atoms with E-state index in [-0.39, 0.29) is 11.9 Å². The van der Waals surface area contributed by atoms with Crippen LogP contribution in [0.15, 0.2) is 42.5 Å². The van der Waals surface area contributed by atoms with Crippen molar-refractivity contribution in [3.63, 3.8) is 0 Å². The average molecular weight is 283 g/mol. The Morgan fingerprint density at radius 1 is 1.24 bits per heavy atom. The zero-order valence-electron chi connectivity index (χ0n) is 12.7. The monoisotopic (exact) mass is 283 g/mol. The van der Waals surface area contributed by atoms with Crippen molar-refractivity contribution in [2.45, 2.75) is 38.6 Å². The van der Waals surface area contributed by atoms with Gasteiger partial charge in [0, 0.05) is 6.04 Å². The second-order valence-corrected chi connectivity index (χ2v) is 5.95. The van der Waals surface area contributed by atoms with Crippen LogP contribution < -0.4 is 5.32 Å². The van der Waals surface area contributed by atoms with Crippen LogP contribution in [0.4, 0.5) is 4.39 Å². The Balaban J connectivity index is 1.81. The molecule has 0 aromatic heterocycles. The van der Waals surface area contributed by atoms with E-state index in [1.807, 2.05) is 6.07 Å². The van der Waals surface area contributed by atoms with Gasteiger partial charge in [0.15, 0.2) is 0 Å². The van der Waals surface area contributed by atoms with E-state index >= 15 is 0 Å². The van der Waals surface area contributed by atoms with Crippen molar-refractivity contribution >= 4 is 0 Å². The highest BCUT2D eigenvalue weighted by Crippen LogP contribution is 2.41. The Bertz CT molecular complexity index is 635. The van der Waals surface area contributed by atoms with Gasteiger partial charge in [0.1, 0.15) is 5.82 Å². The lowest BCUT2D eigenvalue weighted by molar-refractivity contribution is 0.433. The second-order valence-electron chi connectivity index (χ2n) is 5.95. The lowest BCUT2D eigenvalue weighted by atomic mass is 9.73. The third-order valence-corrected chi connectivity index (χ3v) is 4.55. The van der Waals surface area contributed by atoms with Crippen LogP contribution in [-0.2, 0) is 6.42 Å². The minimum absolute atomic E-state index is 0.146. The number of aryl methyl sites for hydroxylation is 1. The van der Waals surface area contributed by atoms with Gasteiger partial charge in [0.05, 0.1) is 0 Å². The van der Waals surface area contributed by atoms with Gasteiger partial charge in [-0.15, -0.1) is 0 Å². The van der Waals surface area contributed by atoms with E-state index in [1.165, 1.54) is 11.1 Å². The molecule has 0 spiro atoms. The summed E-state index contributed by atoms with van der Waals surface area (Å²) in [4.78, 5) is 0. The fourth-order valence-electron chi connectivity index (χ4n) is 3.41. The van der Waals surface area contributed by atoms with Crippen molar-refractivity contribution < 1.29 is 4.39 Å². The maximum Gasteiger partial charge on any atom is 0.123 e. The molecule has 0 saturated heterocycles. The Kier molecular flexibility index (Phi) is 4.07. The van der Waals surface area contributed by atoms with Crippen molar-refractivity contribution in [2.24, 2.45) is 0 Å². The highest BCUT2D eigenvalue weighted by atomic mass is 19.1. The van der Waals surface area contributed by atoms with Crippen molar-refractivity contribution in [3.05, 3.63) is 70.5 Å². The predicted octanol–water partition coefficient (Wildman–Crippen LogP) is 4.51. The zero-order valence-corrected chi connectivity index (χ0v) is 12.7. The first-order valence-electron chi connectivity index (χ1n) is 7.76. The zero-order chi connectivity index (χ0) is 14.8. The molecule has 0 bridgehead atoms. The molecule has 2 aromatic carbocycles. The van der Waals surface area contributed by atoms with E-state index in [0.717, 1.165) is 30.5 Å². The molecule has 0 heterocycles. The Morgan fingerprint density at radius 3 is 2.81 bits per heavy atom. The number of fused-ring (bicyclic) bond motifs is 1. The first-order valence-corrected chi connectivity index (χ1v) is 7.76. The summed E-state index contributed by atoms with van der Waals surface area (Å²) in [5.74, 6) is 0.445. The summed E-state index contributed by atoms with van der Waals surface area (Å²) in [5.41, 5.74) is 5.19. The molecule has 0 fully saturated rings. The largest absolute Gasteiger partial charge is 0.310 e. The standard InChI is InChI=1S/C19H22FN/c1-3-21-19(18-12-16(20)9-8-13(18)2)11-15-10-14-6-4-5-7-17(14)15/h4-9,12,15,19,21H,3,10-11H2,1-2H3. The summed E-state index contributed by atoms with van der Waals surface area (Å²) in [5, 5.41) is 3.53. The maximum absolute atomic E-state index is 13.6. The van der Waals surface area contributed by atoms with Gasteiger partial charge in [-0.3, -0.25) is 0 Å². The number of rotatable bonds is 5. The molecular formula is C19H22FN. The van der Waals surface area contributed by atoms with Gasteiger partial charge in [-0.1, -0.05) is 37.3 Å². The van der Waals surface area contributed by atoms with Crippen molar-refractivity contribution in [1.82, 2.24) is 5.32 Å². The summed E-state index contributed by atoms with van der Waals surface area (Å²) in [6.45, 7) is 5.07. The molecule has 1 aliphatic carbocycles. The van der Waals surface area contributed by atoms with Crippen molar-refractivity contribution in [1.29, 1.82) is 0 Å². The lowest BCUT2D eigenvalue weighted by Gasteiger charge is -2.34. The molecule has 21 heavy (non-hydrogen) atoms. The molecule has 2 aromatic rings. The van der Waals surface area contributed by atoms with Crippen LogP contribution in [0, 0.1) is 12.7 Å². The molecule has 2 atom stereocenters. The smallest absolute Gasteiger partial charge is 0.123 e. The first kappa shape index (κ1) is 14.3. The minimum atomic E-state index is -0.146. The maximum atomic E-state index is 13.6. The van der Waals surface area contributed by atoms with Crippen LogP contribution in [0.25, 0.3) is 0 Å². The van der Waals surface area contributed by atoms with Crippen LogP contribution >= 0.6 is 0 Å². The molecule has 1 nitrogen and oxygen atoms in total. The molecule has 2 unspecified atom stereocenters. The van der Waals surface area contributed by atoms with Gasteiger partial charge >= 0.3 is 0 Å². The summed E-state index contributed by atoms with van der Waals surface area (Å²) < 4.78 is 13.6. The van der Waals surface area contributed by atoms with E-state index in [1.54, 1.807) is 12.1 Å². The normalized spacial score (nSPS) is 18.0. The lowest BCUT2D eigenvalue weighted by Crippen LogP contribution is -2.27. The highest BCUT2D eigenvalue weighted by Gasteiger charge is 2.28. The number of nitrogens with one attached hydrogen (secondary N) is 1. The number of hydrogen-bond acceptors (Lipinski definition) is 1. The van der Waals surface area contributed by atoms with E-state index in [9.17, 15) is 4.39 Å². The van der Waals surface area contributed by atoms with Crippen molar-refractivity contribution in [2.75, 3.05) is 6.54 Å². The summed E-state index contributed by atoms with van der Waals surface area (Å²) in [6.07, 6.45) is 2.18. The van der Waals surface area contributed by atoms with Crippen LogP contribution in [0.1, 0.15) is 47.6 Å². The summed E-state index contributed by atoms with van der Waals surface area (Å²) in [6, 6.07) is 14.0. The van der Waals surface area contributed by atoms with E-state index in [2.05, 4.69) is 43.4 Å². The van der Waals surface area contributed by atoms with Crippen LogP contribution in [0.2, 0.25) is 0 Å². The second kappa shape index (κ2) is 5.98. The molecule has 1 aliphatic rings. The molecule has 3 rings (SSSR count). The third kappa shape index (κ3) is 2.86. The van der Waals surface area contributed by atoms with Gasteiger partial charge in [0.2, 0.25) is 0 Å². The fourth-order valence-corrected chi connectivity index (χ4v) is 3.41. The molecular weight excluding hydrogens is 261 g/mol. The minimum Gasteiger partial charge on any atom is -0.310 e. The predicted molar refractivity (Wildman–Crippen MR) is 85.1 cm³/mol. The first-order chi connectivity index (χ1) is 10.2. The Labute approximate surface area is 126 Å². The van der Waals surface area contributed by atoms with E-state index in [0.29, 0.717) is 5.92 Å². The number of hydrogen-bond donors (Lipinski definition) is 1. The molecule has 110 valence electrons. The third-order valence-electron chi connectivity index (χ3n) is 4.55. The topological polar surface area (TPSA) is 12.0 Å². The van der Waals surface area contributed by atoms with Crippen molar-refractivity contribution in [3.8, 4) is 0 Å². The SMILES string of the molecule is CCNC(CC1Cc2ccccc21)c1cc(F)ccc1C. The van der Waals surface area contributed by atoms with Gasteiger partial charge in [0.25, 0.3) is 0 Å². The average Bonchev–Trinajstić information content (AvgIpc) is 2.46. The van der Waals surface area contributed by atoms with Crippen LogP contribution in [-0.4, -0.2) is 6.54 Å². The molecule has 1 N–H and O–H groups in total. The van der Waals surface area contributed by atoms with Gasteiger partial charge in [-0.25, -0.2) is 4.39 Å². The number of halogens is 1. The molecule has 0 saturated carbocycles. The summed E-state index contributed by atoms with van der Waals surface area (Å²) >= 11 is 0. The number of benzene rings is 2. The molecule has 0 radical (unpaired) electrons. The molecule has 2 heteroatoms.